The monoisotopic (exact) mass is 394 g/mol. The molecule has 1 aromatic heterocycles. The van der Waals surface area contributed by atoms with E-state index in [0.717, 1.165) is 34.8 Å². The molecule has 0 spiro atoms. The molecule has 6 heteroatoms. The highest BCUT2D eigenvalue weighted by Gasteiger charge is 2.30. The van der Waals surface area contributed by atoms with Crippen LogP contribution in [-0.4, -0.2) is 40.5 Å². The fraction of sp³-hybridized carbons (Fsp3) is 0.391. The molecule has 0 radical (unpaired) electrons. The molecule has 0 unspecified atom stereocenters. The summed E-state index contributed by atoms with van der Waals surface area (Å²) in [6.45, 7) is 5.04. The number of likely N-dealkylation sites (tertiary alicyclic amines) is 1. The summed E-state index contributed by atoms with van der Waals surface area (Å²) in [5, 5.41) is 2.00. The highest BCUT2D eigenvalue weighted by atomic mass is 19.1. The lowest BCUT2D eigenvalue weighted by Gasteiger charge is -2.39. The number of halogens is 1. The summed E-state index contributed by atoms with van der Waals surface area (Å²) in [5.41, 5.74) is 3.78. The lowest BCUT2D eigenvalue weighted by molar-refractivity contribution is -0.133. The standard InChI is InChI=1S/C23H27FN4O/c1-5-16-6-8-20-23(26(3)14-25-20)11-22(16)27(4)21-9-7-17(10-19(21)24)18-12-28(13-18)15(2)29/h7-11,14,18H,5-6,12-13H2,1-4H3. The van der Waals surface area contributed by atoms with Crippen LogP contribution in [0.5, 0.6) is 0 Å². The van der Waals surface area contributed by atoms with Crippen LogP contribution in [0.25, 0.3) is 12.2 Å². The number of hydrogen-bond donors (Lipinski definition) is 0. The van der Waals surface area contributed by atoms with Crippen LogP contribution >= 0.6 is 0 Å². The van der Waals surface area contributed by atoms with E-state index in [2.05, 4.69) is 24.1 Å². The number of hydrogen-bond acceptors (Lipinski definition) is 3. The second-order valence-electron chi connectivity index (χ2n) is 7.91. The van der Waals surface area contributed by atoms with Crippen molar-refractivity contribution in [3.05, 3.63) is 57.9 Å². The lowest BCUT2D eigenvalue weighted by atomic mass is 9.91. The highest BCUT2D eigenvalue weighted by molar-refractivity contribution is 5.74. The van der Waals surface area contributed by atoms with Gasteiger partial charge in [0.2, 0.25) is 5.91 Å². The van der Waals surface area contributed by atoms with E-state index in [1.165, 1.54) is 5.57 Å². The summed E-state index contributed by atoms with van der Waals surface area (Å²) in [4.78, 5) is 19.6. The first-order chi connectivity index (χ1) is 13.9. The number of benzene rings is 1. The first kappa shape index (κ1) is 19.4. The van der Waals surface area contributed by atoms with E-state index < -0.39 is 0 Å². The molecular weight excluding hydrogens is 367 g/mol. The van der Waals surface area contributed by atoms with Crippen molar-refractivity contribution in [3.8, 4) is 0 Å². The molecule has 29 heavy (non-hydrogen) atoms. The van der Waals surface area contributed by atoms with Crippen molar-refractivity contribution in [1.29, 1.82) is 0 Å². The fourth-order valence-electron chi connectivity index (χ4n) is 4.13. The van der Waals surface area contributed by atoms with Crippen LogP contribution in [-0.2, 0) is 11.8 Å². The topological polar surface area (TPSA) is 41.4 Å². The molecule has 1 fully saturated rings. The van der Waals surface area contributed by atoms with Gasteiger partial charge in [-0.3, -0.25) is 4.79 Å². The molecule has 1 amide bonds. The van der Waals surface area contributed by atoms with Crippen LogP contribution in [0.3, 0.4) is 0 Å². The van der Waals surface area contributed by atoms with Gasteiger partial charge in [-0.1, -0.05) is 19.1 Å². The van der Waals surface area contributed by atoms with Crippen molar-refractivity contribution >= 4 is 23.7 Å². The average molecular weight is 394 g/mol. The SMILES string of the molecule is CCC1=C(N(C)c2ccc(C3CN(C(C)=O)C3)cc2F)C=c2c(ncn2C)=CC1. The number of anilines is 1. The molecule has 152 valence electrons. The number of amides is 1. The van der Waals surface area contributed by atoms with Crippen LogP contribution in [0.4, 0.5) is 10.1 Å². The van der Waals surface area contributed by atoms with Crippen LogP contribution in [0, 0.1) is 5.82 Å². The minimum Gasteiger partial charge on any atom is -0.342 e. The van der Waals surface area contributed by atoms with E-state index in [4.69, 9.17) is 0 Å². The van der Waals surface area contributed by atoms with Gasteiger partial charge in [-0.2, -0.15) is 0 Å². The first-order valence-corrected chi connectivity index (χ1v) is 10.1. The lowest BCUT2D eigenvalue weighted by Crippen LogP contribution is -2.47. The van der Waals surface area contributed by atoms with E-state index >= 15 is 4.39 Å². The molecule has 4 rings (SSSR count). The maximum atomic E-state index is 15.1. The van der Waals surface area contributed by atoms with E-state index in [-0.39, 0.29) is 17.6 Å². The predicted octanol–water partition coefficient (Wildman–Crippen LogP) is 2.27. The van der Waals surface area contributed by atoms with Crippen molar-refractivity contribution < 1.29 is 9.18 Å². The van der Waals surface area contributed by atoms with Crippen LogP contribution in [0.1, 0.15) is 38.2 Å². The number of rotatable bonds is 4. The van der Waals surface area contributed by atoms with Gasteiger partial charge in [0, 0.05) is 45.7 Å². The Bertz CT molecular complexity index is 1110. The Balaban J connectivity index is 1.66. The van der Waals surface area contributed by atoms with Crippen LogP contribution < -0.4 is 15.6 Å². The molecule has 1 aromatic carbocycles. The third-order valence-corrected chi connectivity index (χ3v) is 6.11. The number of allylic oxidation sites excluding steroid dienone is 2. The summed E-state index contributed by atoms with van der Waals surface area (Å²) in [6, 6.07) is 5.47. The van der Waals surface area contributed by atoms with Gasteiger partial charge in [0.15, 0.2) is 0 Å². The Morgan fingerprint density at radius 2 is 2.10 bits per heavy atom. The zero-order chi connectivity index (χ0) is 20.7. The van der Waals surface area contributed by atoms with Crippen LogP contribution in [0.15, 0.2) is 35.8 Å². The molecule has 2 heterocycles. The van der Waals surface area contributed by atoms with E-state index in [0.29, 0.717) is 18.8 Å². The van der Waals surface area contributed by atoms with Gasteiger partial charge in [0.25, 0.3) is 0 Å². The molecule has 0 atom stereocenters. The van der Waals surface area contributed by atoms with Crippen molar-refractivity contribution in [2.45, 2.75) is 32.6 Å². The Morgan fingerprint density at radius 1 is 1.34 bits per heavy atom. The number of fused-ring (bicyclic) bond motifs is 1. The van der Waals surface area contributed by atoms with Gasteiger partial charge in [-0.25, -0.2) is 9.37 Å². The second-order valence-corrected chi connectivity index (χ2v) is 7.91. The van der Waals surface area contributed by atoms with Crippen LogP contribution in [0.2, 0.25) is 0 Å². The third kappa shape index (κ3) is 3.48. The van der Waals surface area contributed by atoms with Gasteiger partial charge >= 0.3 is 0 Å². The van der Waals surface area contributed by atoms with Gasteiger partial charge < -0.3 is 14.4 Å². The quantitative estimate of drug-likeness (QED) is 0.799. The second kappa shape index (κ2) is 7.50. The summed E-state index contributed by atoms with van der Waals surface area (Å²) in [7, 11) is 3.89. The maximum absolute atomic E-state index is 15.1. The number of carbonyl (C=O) groups excluding carboxylic acids is 1. The molecule has 2 aromatic rings. The number of carbonyl (C=O) groups is 1. The highest BCUT2D eigenvalue weighted by Crippen LogP contribution is 2.32. The minimum absolute atomic E-state index is 0.0762. The number of imidazole rings is 1. The third-order valence-electron chi connectivity index (χ3n) is 6.11. The van der Waals surface area contributed by atoms with Crippen molar-refractivity contribution in [2.24, 2.45) is 7.05 Å². The molecule has 0 N–H and O–H groups in total. The van der Waals surface area contributed by atoms with E-state index in [1.54, 1.807) is 17.9 Å². The average Bonchev–Trinajstić information content (AvgIpc) is 2.88. The minimum atomic E-state index is -0.235. The predicted molar refractivity (Wildman–Crippen MR) is 113 cm³/mol. The van der Waals surface area contributed by atoms with Crippen molar-refractivity contribution in [1.82, 2.24) is 14.5 Å². The molecule has 2 aliphatic rings. The van der Waals surface area contributed by atoms with Crippen molar-refractivity contribution in [3.63, 3.8) is 0 Å². The first-order valence-electron chi connectivity index (χ1n) is 10.1. The Labute approximate surface area is 170 Å². The summed E-state index contributed by atoms with van der Waals surface area (Å²) >= 11 is 0. The molecule has 0 bridgehead atoms. The Morgan fingerprint density at radius 3 is 2.76 bits per heavy atom. The van der Waals surface area contributed by atoms with E-state index in [9.17, 15) is 4.79 Å². The molecular formula is C23H27FN4O. The van der Waals surface area contributed by atoms with E-state index in [1.807, 2.05) is 42.0 Å². The normalized spacial score (nSPS) is 16.5. The summed E-state index contributed by atoms with van der Waals surface area (Å²) in [5.74, 6) is 0.0580. The van der Waals surface area contributed by atoms with Gasteiger partial charge in [-0.15, -0.1) is 0 Å². The van der Waals surface area contributed by atoms with Crippen molar-refractivity contribution in [2.75, 3.05) is 25.0 Å². The Hall–Kier alpha value is -2.89. The van der Waals surface area contributed by atoms with Gasteiger partial charge in [0.1, 0.15) is 5.82 Å². The molecule has 1 aliphatic heterocycles. The molecule has 0 saturated carbocycles. The van der Waals surface area contributed by atoms with Gasteiger partial charge in [0.05, 0.1) is 22.7 Å². The largest absolute Gasteiger partial charge is 0.342 e. The summed E-state index contributed by atoms with van der Waals surface area (Å²) < 4.78 is 17.1. The number of aryl methyl sites for hydroxylation is 1. The molecule has 1 saturated heterocycles. The number of nitrogens with zero attached hydrogens (tertiary/aromatic N) is 4. The maximum Gasteiger partial charge on any atom is 0.219 e. The zero-order valence-corrected chi connectivity index (χ0v) is 17.4. The molecule has 5 nitrogen and oxygen atoms in total. The molecule has 1 aliphatic carbocycles. The zero-order valence-electron chi connectivity index (χ0n) is 17.4. The smallest absolute Gasteiger partial charge is 0.219 e. The number of aromatic nitrogens is 2. The summed E-state index contributed by atoms with van der Waals surface area (Å²) in [6.07, 6.45) is 7.75. The Kier molecular flexibility index (Phi) is 5.03. The fourth-order valence-corrected chi connectivity index (χ4v) is 4.13. The van der Waals surface area contributed by atoms with Gasteiger partial charge in [-0.05, 0) is 42.2 Å².